The highest BCUT2D eigenvalue weighted by Crippen LogP contribution is 2.40. The number of aromatic carboxylic acids is 1. The van der Waals surface area contributed by atoms with E-state index in [1.54, 1.807) is 17.6 Å². The zero-order valence-corrected chi connectivity index (χ0v) is 15.2. The number of nitrogens with two attached hydrogens (primary N) is 2. The van der Waals surface area contributed by atoms with Gasteiger partial charge >= 0.3 is 5.97 Å². The molecule has 2 heterocycles. The lowest BCUT2D eigenvalue weighted by molar-refractivity contribution is 0.0695. The van der Waals surface area contributed by atoms with Gasteiger partial charge in [0.1, 0.15) is 17.2 Å². The predicted molar refractivity (Wildman–Crippen MR) is 104 cm³/mol. The smallest absolute Gasteiger partial charge is 0.341 e. The minimum Gasteiger partial charge on any atom is -0.477 e. The van der Waals surface area contributed by atoms with Crippen LogP contribution in [0.1, 0.15) is 40.4 Å². The van der Waals surface area contributed by atoms with Crippen molar-refractivity contribution in [2.45, 2.75) is 32.4 Å². The molecule has 0 spiro atoms. The van der Waals surface area contributed by atoms with E-state index in [0.717, 1.165) is 18.9 Å². The van der Waals surface area contributed by atoms with Crippen LogP contribution in [0.3, 0.4) is 0 Å². The van der Waals surface area contributed by atoms with E-state index in [9.17, 15) is 14.7 Å². The minimum absolute atomic E-state index is 0.0630. The van der Waals surface area contributed by atoms with Crippen LogP contribution in [0.15, 0.2) is 29.3 Å². The molecule has 1 aromatic carbocycles. The van der Waals surface area contributed by atoms with E-state index in [4.69, 9.17) is 11.5 Å². The first kappa shape index (κ1) is 18.1. The second kappa shape index (κ2) is 6.42. The predicted octanol–water partition coefficient (Wildman–Crippen LogP) is 2.59. The first-order valence-electron chi connectivity index (χ1n) is 8.89. The molecule has 0 aliphatic heterocycles. The number of aryl methyl sites for hydroxylation is 1. The van der Waals surface area contributed by atoms with Crippen LogP contribution in [0.5, 0.6) is 0 Å². The fraction of sp³-hybridized carbons (Fsp3) is 0.250. The van der Waals surface area contributed by atoms with Crippen molar-refractivity contribution in [2.24, 2.45) is 5.73 Å². The first-order chi connectivity index (χ1) is 13.3. The Hall–Kier alpha value is -3.26. The zero-order chi connectivity index (χ0) is 20.2. The lowest BCUT2D eigenvalue weighted by atomic mass is 9.96. The average Bonchev–Trinajstić information content (AvgIpc) is 3.48. The average molecular weight is 382 g/mol. The summed E-state index contributed by atoms with van der Waals surface area (Å²) in [6.07, 6.45) is 4.59. The molecule has 3 aromatic rings. The van der Waals surface area contributed by atoms with E-state index in [1.165, 1.54) is 12.4 Å². The second-order valence-corrected chi connectivity index (χ2v) is 7.04. The molecule has 4 rings (SSSR count). The number of carboxylic acids is 1. The van der Waals surface area contributed by atoms with Crippen LogP contribution in [0.4, 0.5) is 10.2 Å². The van der Waals surface area contributed by atoms with E-state index < -0.39 is 17.2 Å². The van der Waals surface area contributed by atoms with Crippen molar-refractivity contribution >= 4 is 22.7 Å². The number of carboxylic acid groups (broad SMARTS) is 1. The van der Waals surface area contributed by atoms with Gasteiger partial charge in [-0.3, -0.25) is 4.79 Å². The fourth-order valence-corrected chi connectivity index (χ4v) is 3.65. The molecule has 0 radical (unpaired) electrons. The van der Waals surface area contributed by atoms with Crippen LogP contribution >= 0.6 is 0 Å². The molecule has 1 aliphatic rings. The van der Waals surface area contributed by atoms with Crippen molar-refractivity contribution in [1.82, 2.24) is 9.55 Å². The Morgan fingerprint density at radius 3 is 2.71 bits per heavy atom. The molecule has 0 atom stereocenters. The summed E-state index contributed by atoms with van der Waals surface area (Å²) in [5, 5.41) is 9.43. The van der Waals surface area contributed by atoms with E-state index in [2.05, 4.69) is 4.98 Å². The quantitative estimate of drug-likeness (QED) is 0.637. The molecule has 8 heteroatoms. The van der Waals surface area contributed by atoms with Crippen LogP contribution in [0, 0.1) is 12.7 Å². The molecular weight excluding hydrogens is 363 g/mol. The summed E-state index contributed by atoms with van der Waals surface area (Å²) in [5.41, 5.74) is 12.9. The lowest BCUT2D eigenvalue weighted by Crippen LogP contribution is -2.19. The molecule has 0 bridgehead atoms. The van der Waals surface area contributed by atoms with Crippen molar-refractivity contribution in [3.05, 3.63) is 57.3 Å². The maximum Gasteiger partial charge on any atom is 0.341 e. The topological polar surface area (TPSA) is 124 Å². The Kier molecular flexibility index (Phi) is 4.15. The summed E-state index contributed by atoms with van der Waals surface area (Å²) < 4.78 is 16.9. The van der Waals surface area contributed by atoms with Crippen LogP contribution < -0.4 is 16.9 Å². The number of nitrogens with zero attached hydrogens (tertiary/aromatic N) is 2. The van der Waals surface area contributed by atoms with Gasteiger partial charge in [-0.2, -0.15) is 0 Å². The highest BCUT2D eigenvalue weighted by atomic mass is 19.1. The van der Waals surface area contributed by atoms with Crippen LogP contribution in [0.2, 0.25) is 0 Å². The Morgan fingerprint density at radius 1 is 1.39 bits per heavy atom. The van der Waals surface area contributed by atoms with Crippen molar-refractivity contribution in [1.29, 1.82) is 0 Å². The van der Waals surface area contributed by atoms with Gasteiger partial charge in [-0.1, -0.05) is 0 Å². The van der Waals surface area contributed by atoms with Crippen LogP contribution in [0.25, 0.3) is 22.0 Å². The summed E-state index contributed by atoms with van der Waals surface area (Å²) in [6.45, 7) is 1.88. The van der Waals surface area contributed by atoms with Gasteiger partial charge in [0.2, 0.25) is 5.43 Å². The summed E-state index contributed by atoms with van der Waals surface area (Å²) in [5.74, 6) is -1.66. The van der Waals surface area contributed by atoms with Gasteiger partial charge in [0.05, 0.1) is 5.52 Å². The van der Waals surface area contributed by atoms with Crippen molar-refractivity contribution in [3.63, 3.8) is 0 Å². The molecule has 0 unspecified atom stereocenters. The number of nitrogen functional groups attached to an aromatic ring is 1. The molecule has 1 aliphatic carbocycles. The molecule has 0 saturated heterocycles. The molecule has 0 amide bonds. The minimum atomic E-state index is -1.32. The van der Waals surface area contributed by atoms with Crippen LogP contribution in [-0.2, 0) is 6.54 Å². The van der Waals surface area contributed by atoms with Crippen LogP contribution in [-0.4, -0.2) is 20.6 Å². The van der Waals surface area contributed by atoms with Gasteiger partial charge in [0.15, 0.2) is 0 Å². The fourth-order valence-electron chi connectivity index (χ4n) is 3.65. The Balaban J connectivity index is 2.08. The van der Waals surface area contributed by atoms with Gasteiger partial charge in [-0.25, -0.2) is 14.2 Å². The number of hydrogen-bond acceptors (Lipinski definition) is 5. The SMILES string of the molecule is Cc1c(-c2cnc(N)c(CN)c2)c(F)cc2c(=O)c(C(=O)O)cn(C3CC3)c12. The second-order valence-electron chi connectivity index (χ2n) is 7.04. The normalized spacial score (nSPS) is 13.8. The molecule has 1 saturated carbocycles. The number of benzene rings is 1. The number of aromatic nitrogens is 2. The number of rotatable bonds is 4. The van der Waals surface area contributed by atoms with Gasteiger partial charge in [-0.15, -0.1) is 0 Å². The monoisotopic (exact) mass is 382 g/mol. The summed E-state index contributed by atoms with van der Waals surface area (Å²) >= 11 is 0. The van der Waals surface area contributed by atoms with E-state index in [1.807, 2.05) is 0 Å². The van der Waals surface area contributed by atoms with Gasteiger partial charge in [0, 0.05) is 47.1 Å². The zero-order valence-electron chi connectivity index (χ0n) is 15.2. The molecular formula is C20H19FN4O3. The number of fused-ring (bicyclic) bond motifs is 1. The van der Waals surface area contributed by atoms with Crippen molar-refractivity contribution in [2.75, 3.05) is 5.73 Å². The summed E-state index contributed by atoms with van der Waals surface area (Å²) in [4.78, 5) is 28.2. The standard InChI is InChI=1S/C20H19FN4O3/c1-9-16(11-4-10(6-22)19(23)24-7-11)15(21)5-13-17(9)25(12-2-3-12)8-14(18(13)26)20(27)28/h4-5,7-8,12H,2-3,6,22H2,1H3,(H2,23,24)(H,27,28). The molecule has 28 heavy (non-hydrogen) atoms. The third kappa shape index (κ3) is 2.73. The third-order valence-corrected chi connectivity index (χ3v) is 5.19. The number of carbonyl (C=O) groups is 1. The molecule has 5 N–H and O–H groups in total. The first-order valence-corrected chi connectivity index (χ1v) is 8.89. The Morgan fingerprint density at radius 2 is 2.11 bits per heavy atom. The molecule has 144 valence electrons. The number of anilines is 1. The Labute approximate surface area is 159 Å². The van der Waals surface area contributed by atoms with Crippen molar-refractivity contribution in [3.8, 4) is 11.1 Å². The number of pyridine rings is 2. The highest BCUT2D eigenvalue weighted by molar-refractivity contribution is 5.95. The summed E-state index contributed by atoms with van der Waals surface area (Å²) in [6, 6.07) is 2.90. The van der Waals surface area contributed by atoms with E-state index >= 15 is 4.39 Å². The largest absolute Gasteiger partial charge is 0.477 e. The number of hydrogen-bond donors (Lipinski definition) is 3. The maximum absolute atomic E-state index is 15.1. The Bertz CT molecular complexity index is 1200. The molecule has 7 nitrogen and oxygen atoms in total. The van der Waals surface area contributed by atoms with Gasteiger partial charge in [-0.05, 0) is 37.5 Å². The molecule has 1 fully saturated rings. The third-order valence-electron chi connectivity index (χ3n) is 5.19. The van der Waals surface area contributed by atoms with Gasteiger partial charge in [0.25, 0.3) is 0 Å². The van der Waals surface area contributed by atoms with Gasteiger partial charge < -0.3 is 21.1 Å². The number of halogens is 1. The van der Waals surface area contributed by atoms with E-state index in [-0.39, 0.29) is 29.4 Å². The lowest BCUT2D eigenvalue weighted by Gasteiger charge is -2.17. The van der Waals surface area contributed by atoms with Crippen molar-refractivity contribution < 1.29 is 14.3 Å². The van der Waals surface area contributed by atoms with E-state index in [0.29, 0.717) is 27.8 Å². The maximum atomic E-state index is 15.1. The highest BCUT2D eigenvalue weighted by Gasteiger charge is 2.29. The molecule has 2 aromatic heterocycles. The summed E-state index contributed by atoms with van der Waals surface area (Å²) in [7, 11) is 0.